The van der Waals surface area contributed by atoms with E-state index in [1.54, 1.807) is 0 Å². The Morgan fingerprint density at radius 1 is 1.90 bits per heavy atom. The zero-order valence-electron chi connectivity index (χ0n) is 6.08. The Kier molecular flexibility index (Phi) is 1.94. The first kappa shape index (κ1) is 7.54. The van der Waals surface area contributed by atoms with Gasteiger partial charge in [-0.3, -0.25) is 4.79 Å². The summed E-state index contributed by atoms with van der Waals surface area (Å²) < 4.78 is 0. The van der Waals surface area contributed by atoms with Gasteiger partial charge in [-0.2, -0.15) is 0 Å². The number of nitrogens with two attached hydrogens (primary N) is 1. The molecule has 0 aromatic carbocycles. The summed E-state index contributed by atoms with van der Waals surface area (Å²) in [6, 6.07) is 0.154. The highest BCUT2D eigenvalue weighted by Crippen LogP contribution is 2.37. The van der Waals surface area contributed by atoms with Gasteiger partial charge >= 0.3 is 5.97 Å². The van der Waals surface area contributed by atoms with Crippen molar-refractivity contribution >= 4 is 5.97 Å². The number of hydrogen-bond acceptors (Lipinski definition) is 2. The van der Waals surface area contributed by atoms with Crippen molar-refractivity contribution in [2.24, 2.45) is 17.6 Å². The van der Waals surface area contributed by atoms with Crippen molar-refractivity contribution in [2.75, 3.05) is 0 Å². The third kappa shape index (κ3) is 1.29. The standard InChI is InChI=1S/C7H13NO2/c1-2-4(7(9)10)5-3-6(5)8/h4-6H,2-3,8H2,1H3,(H,9,10)/t4-,5-,6+/m0/s1. The highest BCUT2D eigenvalue weighted by Gasteiger charge is 2.42. The fourth-order valence-corrected chi connectivity index (χ4v) is 1.36. The zero-order chi connectivity index (χ0) is 7.72. The van der Waals surface area contributed by atoms with Crippen LogP contribution in [0.1, 0.15) is 19.8 Å². The lowest BCUT2D eigenvalue weighted by Gasteiger charge is -2.06. The van der Waals surface area contributed by atoms with E-state index in [1.165, 1.54) is 0 Å². The van der Waals surface area contributed by atoms with Crippen LogP contribution in [-0.4, -0.2) is 17.1 Å². The Hall–Kier alpha value is -0.570. The second-order valence-corrected chi connectivity index (χ2v) is 2.92. The molecule has 1 rings (SSSR count). The van der Waals surface area contributed by atoms with Crippen molar-refractivity contribution in [1.82, 2.24) is 0 Å². The van der Waals surface area contributed by atoms with Crippen molar-refractivity contribution in [2.45, 2.75) is 25.8 Å². The second-order valence-electron chi connectivity index (χ2n) is 2.92. The summed E-state index contributed by atoms with van der Waals surface area (Å²) in [7, 11) is 0. The molecule has 1 aliphatic rings. The average Bonchev–Trinajstić information content (AvgIpc) is 2.48. The van der Waals surface area contributed by atoms with E-state index in [0.29, 0.717) is 6.42 Å². The van der Waals surface area contributed by atoms with E-state index in [2.05, 4.69) is 0 Å². The lowest BCUT2D eigenvalue weighted by atomic mass is 10.0. The van der Waals surface area contributed by atoms with E-state index in [4.69, 9.17) is 10.8 Å². The summed E-state index contributed by atoms with van der Waals surface area (Å²) >= 11 is 0. The van der Waals surface area contributed by atoms with Gasteiger partial charge in [0.25, 0.3) is 0 Å². The fraction of sp³-hybridized carbons (Fsp3) is 0.857. The van der Waals surface area contributed by atoms with Gasteiger partial charge in [-0.1, -0.05) is 6.92 Å². The van der Waals surface area contributed by atoms with Gasteiger partial charge < -0.3 is 10.8 Å². The quantitative estimate of drug-likeness (QED) is 0.602. The minimum atomic E-state index is -0.694. The second kappa shape index (κ2) is 2.58. The van der Waals surface area contributed by atoms with Gasteiger partial charge in [0.1, 0.15) is 0 Å². The summed E-state index contributed by atoms with van der Waals surface area (Å²) in [4.78, 5) is 10.5. The summed E-state index contributed by atoms with van der Waals surface area (Å²) in [5, 5.41) is 8.65. The molecule has 10 heavy (non-hydrogen) atoms. The number of carbonyl (C=O) groups is 1. The van der Waals surface area contributed by atoms with Crippen LogP contribution in [-0.2, 0) is 4.79 Å². The predicted octanol–water partition coefficient (Wildman–Crippen LogP) is 0.444. The highest BCUT2D eigenvalue weighted by atomic mass is 16.4. The molecule has 3 heteroatoms. The van der Waals surface area contributed by atoms with Crippen LogP contribution in [0.4, 0.5) is 0 Å². The first-order valence-corrected chi connectivity index (χ1v) is 3.65. The fourth-order valence-electron chi connectivity index (χ4n) is 1.36. The largest absolute Gasteiger partial charge is 0.481 e. The Morgan fingerprint density at radius 3 is 2.50 bits per heavy atom. The Balaban J connectivity index is 2.42. The van der Waals surface area contributed by atoms with Gasteiger partial charge in [-0.05, 0) is 18.8 Å². The molecule has 0 spiro atoms. The topological polar surface area (TPSA) is 63.3 Å². The molecule has 1 aliphatic carbocycles. The molecule has 0 radical (unpaired) electrons. The predicted molar refractivity (Wildman–Crippen MR) is 37.5 cm³/mol. The van der Waals surface area contributed by atoms with Crippen molar-refractivity contribution in [3.05, 3.63) is 0 Å². The maximum Gasteiger partial charge on any atom is 0.306 e. The van der Waals surface area contributed by atoms with Crippen LogP contribution in [0.15, 0.2) is 0 Å². The molecule has 0 saturated heterocycles. The molecule has 0 heterocycles. The number of aliphatic carboxylic acids is 1. The lowest BCUT2D eigenvalue weighted by molar-refractivity contribution is -0.142. The van der Waals surface area contributed by atoms with Crippen molar-refractivity contribution in [3.8, 4) is 0 Å². The molecular formula is C7H13NO2. The summed E-state index contributed by atoms with van der Waals surface area (Å²) in [6.45, 7) is 1.89. The first-order valence-electron chi connectivity index (χ1n) is 3.65. The third-order valence-electron chi connectivity index (χ3n) is 2.16. The molecule has 3 N–H and O–H groups in total. The van der Waals surface area contributed by atoms with E-state index in [9.17, 15) is 4.79 Å². The molecule has 0 aliphatic heterocycles. The molecule has 0 aromatic rings. The molecule has 0 aromatic heterocycles. The van der Waals surface area contributed by atoms with Crippen molar-refractivity contribution < 1.29 is 9.90 Å². The molecule has 1 fully saturated rings. The summed E-state index contributed by atoms with van der Waals surface area (Å²) in [5.74, 6) is -0.641. The van der Waals surface area contributed by atoms with Gasteiger partial charge in [0, 0.05) is 6.04 Å². The van der Waals surface area contributed by atoms with Crippen LogP contribution >= 0.6 is 0 Å². The van der Waals surface area contributed by atoms with Gasteiger partial charge in [0.2, 0.25) is 0 Å². The van der Waals surface area contributed by atoms with Crippen LogP contribution in [0.25, 0.3) is 0 Å². The van der Waals surface area contributed by atoms with Crippen LogP contribution in [0, 0.1) is 11.8 Å². The molecule has 0 unspecified atom stereocenters. The van der Waals surface area contributed by atoms with Crippen LogP contribution < -0.4 is 5.73 Å². The van der Waals surface area contributed by atoms with Gasteiger partial charge in [0.15, 0.2) is 0 Å². The van der Waals surface area contributed by atoms with E-state index < -0.39 is 5.97 Å². The number of rotatable bonds is 3. The maximum atomic E-state index is 10.5. The molecule has 0 amide bonds. The van der Waals surface area contributed by atoms with Crippen LogP contribution in [0.2, 0.25) is 0 Å². The normalized spacial score (nSPS) is 33.4. The van der Waals surface area contributed by atoms with Gasteiger partial charge in [-0.25, -0.2) is 0 Å². The summed E-state index contributed by atoms with van der Waals surface area (Å²) in [6.07, 6.45) is 1.60. The van der Waals surface area contributed by atoms with Gasteiger partial charge in [0.05, 0.1) is 5.92 Å². The van der Waals surface area contributed by atoms with E-state index in [1.807, 2.05) is 6.92 Å². The smallest absolute Gasteiger partial charge is 0.306 e. The molecular weight excluding hydrogens is 130 g/mol. The summed E-state index contributed by atoms with van der Waals surface area (Å²) in [5.41, 5.74) is 5.52. The SMILES string of the molecule is CC[C@H](C(=O)O)[C@@H]1C[C@H]1N. The highest BCUT2D eigenvalue weighted by molar-refractivity contribution is 5.71. The Bertz CT molecular complexity index is 147. The van der Waals surface area contributed by atoms with Crippen molar-refractivity contribution in [3.63, 3.8) is 0 Å². The number of hydrogen-bond donors (Lipinski definition) is 2. The third-order valence-corrected chi connectivity index (χ3v) is 2.16. The van der Waals surface area contributed by atoms with Crippen LogP contribution in [0.3, 0.4) is 0 Å². The zero-order valence-corrected chi connectivity index (χ0v) is 6.08. The first-order chi connectivity index (χ1) is 4.66. The number of carboxylic acids is 1. The monoisotopic (exact) mass is 143 g/mol. The molecule has 3 atom stereocenters. The Morgan fingerprint density at radius 2 is 2.40 bits per heavy atom. The Labute approximate surface area is 60.2 Å². The minimum absolute atomic E-state index is 0.154. The van der Waals surface area contributed by atoms with Gasteiger partial charge in [-0.15, -0.1) is 0 Å². The molecule has 0 bridgehead atoms. The van der Waals surface area contributed by atoms with E-state index in [-0.39, 0.29) is 17.9 Å². The molecule has 58 valence electrons. The van der Waals surface area contributed by atoms with E-state index >= 15 is 0 Å². The maximum absolute atomic E-state index is 10.5. The van der Waals surface area contributed by atoms with Crippen molar-refractivity contribution in [1.29, 1.82) is 0 Å². The number of carboxylic acid groups (broad SMARTS) is 1. The lowest BCUT2D eigenvalue weighted by Crippen LogP contribution is -2.18. The molecule has 1 saturated carbocycles. The van der Waals surface area contributed by atoms with E-state index in [0.717, 1.165) is 6.42 Å². The molecule has 3 nitrogen and oxygen atoms in total. The minimum Gasteiger partial charge on any atom is -0.481 e. The van der Waals surface area contributed by atoms with Crippen LogP contribution in [0.5, 0.6) is 0 Å². The average molecular weight is 143 g/mol.